The predicted octanol–water partition coefficient (Wildman–Crippen LogP) is 2.14. The Morgan fingerprint density at radius 2 is 2.03 bits per heavy atom. The molecule has 31 heavy (non-hydrogen) atoms. The van der Waals surface area contributed by atoms with Gasteiger partial charge in [-0.25, -0.2) is 4.98 Å². The molecule has 2 amide bonds. The number of methoxy groups -OCH3 is 1. The third-order valence-electron chi connectivity index (χ3n) is 5.69. The summed E-state index contributed by atoms with van der Waals surface area (Å²) in [4.78, 5) is 40.3. The Hall–Kier alpha value is -3.36. The topological polar surface area (TPSA) is 90.9 Å². The summed E-state index contributed by atoms with van der Waals surface area (Å²) in [5, 5.41) is 2.94. The molecule has 0 saturated carbocycles. The van der Waals surface area contributed by atoms with Gasteiger partial charge in [-0.1, -0.05) is 6.07 Å². The summed E-state index contributed by atoms with van der Waals surface area (Å²) in [6.45, 7) is 2.22. The number of nitrogens with one attached hydrogen (secondary N) is 1. The van der Waals surface area contributed by atoms with Gasteiger partial charge in [0.05, 0.1) is 19.2 Å². The van der Waals surface area contributed by atoms with Crippen molar-refractivity contribution in [3.63, 3.8) is 0 Å². The summed E-state index contributed by atoms with van der Waals surface area (Å²) < 4.78 is 5.25. The fourth-order valence-corrected chi connectivity index (χ4v) is 4.01. The second-order valence-electron chi connectivity index (χ2n) is 8.09. The lowest BCUT2D eigenvalue weighted by molar-refractivity contribution is -0.122. The molecule has 9 nitrogen and oxygen atoms in total. The van der Waals surface area contributed by atoms with Crippen LogP contribution in [0, 0.1) is 5.92 Å². The fraction of sp³-hybridized carbons (Fsp3) is 0.455. The van der Waals surface area contributed by atoms with Crippen LogP contribution in [0.3, 0.4) is 0 Å². The third-order valence-corrected chi connectivity index (χ3v) is 5.69. The summed E-state index contributed by atoms with van der Waals surface area (Å²) in [5.74, 6) is 1.26. The lowest BCUT2D eigenvalue weighted by Gasteiger charge is -2.21. The summed E-state index contributed by atoms with van der Waals surface area (Å²) in [6.07, 6.45) is 4.09. The SMILES string of the molecule is COc1cccc(N2CC(C(=O)Nc3cnc(N4CCCC4)nc3N(C)C)CC2=O)c1. The summed E-state index contributed by atoms with van der Waals surface area (Å²) in [7, 11) is 5.35. The van der Waals surface area contributed by atoms with E-state index in [0.717, 1.165) is 31.6 Å². The average Bonchev–Trinajstić information content (AvgIpc) is 3.44. The smallest absolute Gasteiger partial charge is 0.229 e. The fourth-order valence-electron chi connectivity index (χ4n) is 4.01. The Bertz CT molecular complexity index is 973. The zero-order chi connectivity index (χ0) is 22.0. The first-order valence-electron chi connectivity index (χ1n) is 10.5. The Labute approximate surface area is 182 Å². The van der Waals surface area contributed by atoms with Gasteiger partial charge in [-0.05, 0) is 25.0 Å². The van der Waals surface area contributed by atoms with Crippen LogP contribution in [0.15, 0.2) is 30.5 Å². The molecule has 2 aromatic rings. The number of ether oxygens (including phenoxy) is 1. The van der Waals surface area contributed by atoms with Crippen LogP contribution in [-0.2, 0) is 9.59 Å². The molecule has 1 unspecified atom stereocenters. The van der Waals surface area contributed by atoms with Gasteiger partial charge in [0.2, 0.25) is 17.8 Å². The highest BCUT2D eigenvalue weighted by Gasteiger charge is 2.35. The maximum Gasteiger partial charge on any atom is 0.229 e. The molecule has 164 valence electrons. The Kier molecular flexibility index (Phi) is 5.92. The van der Waals surface area contributed by atoms with Crippen LogP contribution in [-0.4, -0.2) is 62.6 Å². The molecule has 1 aromatic carbocycles. The number of nitrogens with zero attached hydrogens (tertiary/aromatic N) is 5. The highest BCUT2D eigenvalue weighted by atomic mass is 16.5. The van der Waals surface area contributed by atoms with Gasteiger partial charge in [-0.2, -0.15) is 4.98 Å². The van der Waals surface area contributed by atoms with Crippen molar-refractivity contribution in [2.24, 2.45) is 5.92 Å². The molecule has 3 heterocycles. The normalized spacial score (nSPS) is 18.4. The van der Waals surface area contributed by atoms with Gasteiger partial charge >= 0.3 is 0 Å². The maximum absolute atomic E-state index is 13.0. The number of benzene rings is 1. The summed E-state index contributed by atoms with van der Waals surface area (Å²) in [5.41, 5.74) is 1.28. The van der Waals surface area contributed by atoms with E-state index in [0.29, 0.717) is 29.7 Å². The van der Waals surface area contributed by atoms with Gasteiger partial charge in [-0.3, -0.25) is 9.59 Å². The van der Waals surface area contributed by atoms with Crippen LogP contribution < -0.4 is 24.8 Å². The largest absolute Gasteiger partial charge is 0.497 e. The minimum atomic E-state index is -0.452. The van der Waals surface area contributed by atoms with Crippen molar-refractivity contribution in [1.82, 2.24) is 9.97 Å². The Morgan fingerprint density at radius 1 is 1.26 bits per heavy atom. The molecule has 2 saturated heterocycles. The average molecular weight is 425 g/mol. The van der Waals surface area contributed by atoms with Gasteiger partial charge < -0.3 is 24.8 Å². The van der Waals surface area contributed by atoms with Gasteiger partial charge in [0.1, 0.15) is 11.4 Å². The van der Waals surface area contributed by atoms with Crippen LogP contribution in [0.25, 0.3) is 0 Å². The van der Waals surface area contributed by atoms with Crippen molar-refractivity contribution in [2.45, 2.75) is 19.3 Å². The standard InChI is InChI=1S/C22H28N6O3/c1-26(2)20-18(13-23-22(25-20)27-9-4-5-10-27)24-21(30)15-11-19(29)28(14-15)16-7-6-8-17(12-16)31-3/h6-8,12-13,15H,4-5,9-11,14H2,1-3H3,(H,24,30). The molecule has 0 spiro atoms. The number of amides is 2. The van der Waals surface area contributed by atoms with Crippen LogP contribution >= 0.6 is 0 Å². The Balaban J connectivity index is 1.48. The van der Waals surface area contributed by atoms with E-state index in [2.05, 4.69) is 20.2 Å². The van der Waals surface area contributed by atoms with E-state index >= 15 is 0 Å². The summed E-state index contributed by atoms with van der Waals surface area (Å²) >= 11 is 0. The van der Waals surface area contributed by atoms with E-state index < -0.39 is 5.92 Å². The van der Waals surface area contributed by atoms with Crippen LogP contribution in [0.4, 0.5) is 23.1 Å². The molecule has 1 aromatic heterocycles. The number of carbonyl (C=O) groups excluding carboxylic acids is 2. The molecule has 0 radical (unpaired) electrons. The Morgan fingerprint density at radius 3 is 2.74 bits per heavy atom. The molecule has 9 heteroatoms. The van der Waals surface area contributed by atoms with Gasteiger partial charge in [-0.15, -0.1) is 0 Å². The molecular weight excluding hydrogens is 396 g/mol. The molecule has 4 rings (SSSR count). The lowest BCUT2D eigenvalue weighted by atomic mass is 10.1. The number of anilines is 4. The lowest BCUT2D eigenvalue weighted by Crippen LogP contribution is -2.29. The van der Waals surface area contributed by atoms with Crippen molar-refractivity contribution in [1.29, 1.82) is 0 Å². The monoisotopic (exact) mass is 424 g/mol. The molecule has 0 bridgehead atoms. The third kappa shape index (κ3) is 4.40. The first kappa shape index (κ1) is 20.9. The van der Waals surface area contributed by atoms with E-state index in [1.54, 1.807) is 24.3 Å². The van der Waals surface area contributed by atoms with Gasteiger partial charge in [0.15, 0.2) is 5.82 Å². The van der Waals surface area contributed by atoms with E-state index in [-0.39, 0.29) is 18.2 Å². The first-order valence-corrected chi connectivity index (χ1v) is 10.5. The maximum atomic E-state index is 13.0. The molecule has 1 atom stereocenters. The van der Waals surface area contributed by atoms with Crippen molar-refractivity contribution in [3.8, 4) is 5.75 Å². The van der Waals surface area contributed by atoms with Crippen molar-refractivity contribution < 1.29 is 14.3 Å². The van der Waals surface area contributed by atoms with Crippen molar-refractivity contribution >= 4 is 35.0 Å². The molecule has 2 aliphatic heterocycles. The summed E-state index contributed by atoms with van der Waals surface area (Å²) in [6, 6.07) is 7.29. The van der Waals surface area contributed by atoms with Crippen LogP contribution in [0.5, 0.6) is 5.75 Å². The number of rotatable bonds is 6. The number of aromatic nitrogens is 2. The highest BCUT2D eigenvalue weighted by molar-refractivity contribution is 6.04. The van der Waals surface area contributed by atoms with Crippen molar-refractivity contribution in [2.75, 3.05) is 60.9 Å². The number of hydrogen-bond donors (Lipinski definition) is 1. The minimum Gasteiger partial charge on any atom is -0.497 e. The zero-order valence-corrected chi connectivity index (χ0v) is 18.2. The van der Waals surface area contributed by atoms with Gasteiger partial charge in [0.25, 0.3) is 0 Å². The predicted molar refractivity (Wildman–Crippen MR) is 120 cm³/mol. The quantitative estimate of drug-likeness (QED) is 0.760. The molecule has 0 aliphatic carbocycles. The number of hydrogen-bond acceptors (Lipinski definition) is 7. The van der Waals surface area contributed by atoms with E-state index in [1.807, 2.05) is 37.2 Å². The second kappa shape index (κ2) is 8.79. The van der Waals surface area contributed by atoms with E-state index in [9.17, 15) is 9.59 Å². The zero-order valence-electron chi connectivity index (χ0n) is 18.2. The molecular formula is C22H28N6O3. The van der Waals surface area contributed by atoms with Crippen LogP contribution in [0.2, 0.25) is 0 Å². The molecule has 2 aliphatic rings. The second-order valence-corrected chi connectivity index (χ2v) is 8.09. The molecule has 1 N–H and O–H groups in total. The van der Waals surface area contributed by atoms with Crippen LogP contribution in [0.1, 0.15) is 19.3 Å². The highest BCUT2D eigenvalue weighted by Crippen LogP contribution is 2.30. The van der Waals surface area contributed by atoms with E-state index in [1.165, 1.54) is 0 Å². The first-order chi connectivity index (χ1) is 15.0. The number of carbonyl (C=O) groups is 2. The minimum absolute atomic E-state index is 0.0816. The van der Waals surface area contributed by atoms with Gasteiger partial charge in [0, 0.05) is 51.9 Å². The van der Waals surface area contributed by atoms with Crippen molar-refractivity contribution in [3.05, 3.63) is 30.5 Å². The van der Waals surface area contributed by atoms with E-state index in [4.69, 9.17) is 4.74 Å². The molecule has 2 fully saturated rings.